The first-order valence-corrected chi connectivity index (χ1v) is 19.2. The SMILES string of the molecule is C1=CC(c2ccc(-c3ccc(C4=NC(c5cccc(-n6c7ccc8ccccc8c7c7c8ccccc8ccc76)c5)Nc5ccccc54)cc3)cc2)=CCC1. The van der Waals surface area contributed by atoms with Gasteiger partial charge in [0.05, 0.1) is 16.7 Å². The highest BCUT2D eigenvalue weighted by Gasteiger charge is 2.24. The summed E-state index contributed by atoms with van der Waals surface area (Å²) in [5.41, 5.74) is 13.9. The van der Waals surface area contributed by atoms with Gasteiger partial charge < -0.3 is 9.88 Å². The lowest BCUT2D eigenvalue weighted by atomic mass is 9.94. The molecular weight excluding hydrogens is 667 g/mol. The van der Waals surface area contributed by atoms with Crippen LogP contribution in [0.15, 0.2) is 193 Å². The van der Waals surface area contributed by atoms with Gasteiger partial charge in [0.1, 0.15) is 6.17 Å². The molecule has 0 fully saturated rings. The fourth-order valence-electron chi connectivity index (χ4n) is 8.74. The number of rotatable bonds is 5. The second kappa shape index (κ2) is 12.9. The molecule has 0 radical (unpaired) electrons. The number of fused-ring (bicyclic) bond motifs is 8. The smallest absolute Gasteiger partial charge is 0.145 e. The Morgan fingerprint density at radius 3 is 1.82 bits per heavy atom. The van der Waals surface area contributed by atoms with Crippen molar-refractivity contribution in [1.29, 1.82) is 0 Å². The molecule has 3 heteroatoms. The third-order valence-corrected chi connectivity index (χ3v) is 11.4. The number of hydrogen-bond acceptors (Lipinski definition) is 2. The van der Waals surface area contributed by atoms with Crippen LogP contribution in [-0.2, 0) is 0 Å². The Morgan fingerprint density at radius 1 is 0.527 bits per heavy atom. The van der Waals surface area contributed by atoms with E-state index in [0.717, 1.165) is 46.6 Å². The molecule has 1 aromatic heterocycles. The van der Waals surface area contributed by atoms with E-state index in [0.29, 0.717) is 0 Å². The average Bonchev–Trinajstić information content (AvgIpc) is 3.62. The van der Waals surface area contributed by atoms with E-state index in [1.165, 1.54) is 65.6 Å². The first-order chi connectivity index (χ1) is 27.3. The molecule has 1 aliphatic carbocycles. The molecule has 0 saturated heterocycles. The van der Waals surface area contributed by atoms with Gasteiger partial charge in [-0.2, -0.15) is 0 Å². The Morgan fingerprint density at radius 2 is 1.15 bits per heavy atom. The minimum Gasteiger partial charge on any atom is -0.360 e. The number of aromatic nitrogens is 1. The number of hydrogen-bond donors (Lipinski definition) is 1. The molecule has 1 unspecified atom stereocenters. The van der Waals surface area contributed by atoms with E-state index in [1.54, 1.807) is 0 Å². The first kappa shape index (κ1) is 31.5. The minimum absolute atomic E-state index is 0.255. The van der Waals surface area contributed by atoms with Crippen molar-refractivity contribution in [3.8, 4) is 16.8 Å². The molecule has 55 heavy (non-hydrogen) atoms. The van der Waals surface area contributed by atoms with E-state index in [-0.39, 0.29) is 6.17 Å². The summed E-state index contributed by atoms with van der Waals surface area (Å²) in [6.07, 6.45) is 8.82. The molecule has 11 rings (SSSR count). The standard InChI is InChI=1S/C52H37N3/c1-2-11-34(12-3-1)35-21-23-36(24-22-35)37-25-27-40(28-26-37)51-45-19-8-9-20-46(45)53-52(54-51)41-15-10-16-42(33-41)55-47-31-29-38-13-4-6-17-43(38)49(47)50-44-18-7-5-14-39(44)30-32-48(50)55/h2,4-33,52-53H,1,3H2. The lowest BCUT2D eigenvalue weighted by Gasteiger charge is -2.26. The molecule has 0 saturated carbocycles. The van der Waals surface area contributed by atoms with E-state index >= 15 is 0 Å². The Hall–Kier alpha value is -6.97. The Kier molecular flexibility index (Phi) is 7.38. The predicted molar refractivity (Wildman–Crippen MR) is 232 cm³/mol. The second-order valence-electron chi connectivity index (χ2n) is 14.7. The van der Waals surface area contributed by atoms with Gasteiger partial charge in [0.15, 0.2) is 0 Å². The van der Waals surface area contributed by atoms with Crippen LogP contribution in [0.2, 0.25) is 0 Å². The fourth-order valence-corrected chi connectivity index (χ4v) is 8.74. The molecule has 0 bridgehead atoms. The Balaban J connectivity index is 0.999. The van der Waals surface area contributed by atoms with Gasteiger partial charge in [-0.25, -0.2) is 0 Å². The molecule has 1 N–H and O–H groups in total. The van der Waals surface area contributed by atoms with Crippen LogP contribution >= 0.6 is 0 Å². The van der Waals surface area contributed by atoms with Crippen LogP contribution in [0.5, 0.6) is 0 Å². The van der Waals surface area contributed by atoms with E-state index in [2.05, 4.69) is 198 Å². The zero-order valence-electron chi connectivity index (χ0n) is 30.3. The molecule has 8 aromatic carbocycles. The summed E-state index contributed by atoms with van der Waals surface area (Å²) in [4.78, 5) is 5.44. The van der Waals surface area contributed by atoms with Crippen molar-refractivity contribution in [2.75, 3.05) is 5.32 Å². The molecule has 9 aromatic rings. The molecule has 260 valence electrons. The summed E-state index contributed by atoms with van der Waals surface area (Å²) in [5, 5.41) is 11.4. The second-order valence-corrected chi connectivity index (χ2v) is 14.7. The zero-order valence-corrected chi connectivity index (χ0v) is 30.3. The maximum Gasteiger partial charge on any atom is 0.145 e. The van der Waals surface area contributed by atoms with Gasteiger partial charge in [0.25, 0.3) is 0 Å². The van der Waals surface area contributed by atoms with Crippen molar-refractivity contribution in [2.45, 2.75) is 19.0 Å². The van der Waals surface area contributed by atoms with E-state index in [9.17, 15) is 0 Å². The molecule has 0 spiro atoms. The van der Waals surface area contributed by atoms with Gasteiger partial charge in [-0.05, 0) is 92.5 Å². The highest BCUT2D eigenvalue weighted by Crippen LogP contribution is 2.41. The Labute approximate surface area is 320 Å². The van der Waals surface area contributed by atoms with Crippen molar-refractivity contribution in [3.05, 3.63) is 210 Å². The van der Waals surface area contributed by atoms with Gasteiger partial charge in [0, 0.05) is 33.3 Å². The van der Waals surface area contributed by atoms with Crippen molar-refractivity contribution in [2.24, 2.45) is 4.99 Å². The van der Waals surface area contributed by atoms with Crippen LogP contribution in [-0.4, -0.2) is 10.3 Å². The number of benzene rings is 8. The maximum absolute atomic E-state index is 5.44. The molecular formula is C52H37N3. The highest BCUT2D eigenvalue weighted by atomic mass is 15.1. The highest BCUT2D eigenvalue weighted by molar-refractivity contribution is 6.28. The minimum atomic E-state index is -0.255. The van der Waals surface area contributed by atoms with Gasteiger partial charge >= 0.3 is 0 Å². The first-order valence-electron chi connectivity index (χ1n) is 19.2. The van der Waals surface area contributed by atoms with Crippen LogP contribution in [0.25, 0.3) is 65.7 Å². The molecule has 1 aliphatic heterocycles. The fraction of sp³-hybridized carbons (Fsp3) is 0.0577. The summed E-state index contributed by atoms with van der Waals surface area (Å²) in [6.45, 7) is 0. The van der Waals surface area contributed by atoms with Crippen LogP contribution in [0.3, 0.4) is 0 Å². The number of nitrogens with one attached hydrogen (secondary N) is 1. The average molecular weight is 704 g/mol. The Bertz CT molecular complexity index is 2960. The van der Waals surface area contributed by atoms with Crippen molar-refractivity contribution in [1.82, 2.24) is 4.57 Å². The van der Waals surface area contributed by atoms with E-state index in [4.69, 9.17) is 4.99 Å². The summed E-state index contributed by atoms with van der Waals surface area (Å²) >= 11 is 0. The molecule has 1 atom stereocenters. The third-order valence-electron chi connectivity index (χ3n) is 11.4. The number of anilines is 1. The third kappa shape index (κ3) is 5.31. The zero-order chi connectivity index (χ0) is 36.3. The van der Waals surface area contributed by atoms with Crippen LogP contribution < -0.4 is 5.32 Å². The number of allylic oxidation sites excluding steroid dienone is 4. The van der Waals surface area contributed by atoms with Gasteiger partial charge in [-0.1, -0.05) is 158 Å². The molecule has 2 aliphatic rings. The van der Waals surface area contributed by atoms with Gasteiger partial charge in [0.2, 0.25) is 0 Å². The van der Waals surface area contributed by atoms with Crippen molar-refractivity contribution in [3.63, 3.8) is 0 Å². The largest absolute Gasteiger partial charge is 0.360 e. The summed E-state index contributed by atoms with van der Waals surface area (Å²) in [7, 11) is 0. The van der Waals surface area contributed by atoms with Gasteiger partial charge in [-0.15, -0.1) is 0 Å². The maximum atomic E-state index is 5.44. The monoisotopic (exact) mass is 703 g/mol. The van der Waals surface area contributed by atoms with Crippen molar-refractivity contribution >= 4 is 60.3 Å². The summed E-state index contributed by atoms with van der Waals surface area (Å²) < 4.78 is 2.43. The number of nitrogens with zero attached hydrogens (tertiary/aromatic N) is 2. The van der Waals surface area contributed by atoms with Crippen LogP contribution in [0, 0.1) is 0 Å². The van der Waals surface area contributed by atoms with Gasteiger partial charge in [-0.3, -0.25) is 4.99 Å². The molecule has 2 heterocycles. The van der Waals surface area contributed by atoms with Crippen LogP contribution in [0.1, 0.15) is 41.3 Å². The number of para-hydroxylation sites is 1. The van der Waals surface area contributed by atoms with Crippen molar-refractivity contribution < 1.29 is 0 Å². The predicted octanol–water partition coefficient (Wildman–Crippen LogP) is 13.5. The normalized spacial score (nSPS) is 15.2. The molecule has 3 nitrogen and oxygen atoms in total. The number of aliphatic imine (C=N–C) groups is 1. The lowest BCUT2D eigenvalue weighted by molar-refractivity contribution is 0.826. The summed E-state index contributed by atoms with van der Waals surface area (Å²) in [5.74, 6) is 0. The quantitative estimate of drug-likeness (QED) is 0.190. The molecule has 0 amide bonds. The summed E-state index contributed by atoms with van der Waals surface area (Å²) in [6, 6.07) is 61.8. The lowest BCUT2D eigenvalue weighted by Crippen LogP contribution is -2.20. The van der Waals surface area contributed by atoms with E-state index < -0.39 is 0 Å². The topological polar surface area (TPSA) is 29.3 Å². The van der Waals surface area contributed by atoms with E-state index in [1.807, 2.05) is 0 Å². The van der Waals surface area contributed by atoms with Crippen LogP contribution in [0.4, 0.5) is 5.69 Å².